The van der Waals surface area contributed by atoms with Crippen LogP contribution < -0.4 is 0 Å². The Hall–Kier alpha value is -3.20. The third kappa shape index (κ3) is 4.35. The fourth-order valence-corrected chi connectivity index (χ4v) is 8.57. The van der Waals surface area contributed by atoms with Gasteiger partial charge in [-0.1, -0.05) is 78.9 Å². The van der Waals surface area contributed by atoms with Gasteiger partial charge in [0.1, 0.15) is 23.1 Å². The van der Waals surface area contributed by atoms with Crippen molar-refractivity contribution in [3.63, 3.8) is 0 Å². The van der Waals surface area contributed by atoms with Crippen LogP contribution in [0.3, 0.4) is 0 Å². The largest absolute Gasteiger partial charge is 0.444 e. The molecule has 5 atom stereocenters. The molecule has 0 aliphatic carbocycles. The number of hydrogen-bond acceptors (Lipinski definition) is 6. The highest BCUT2D eigenvalue weighted by molar-refractivity contribution is 7.92. The summed E-state index contributed by atoms with van der Waals surface area (Å²) >= 11 is 0. The number of sulfone groups is 1. The Balaban J connectivity index is 1.51. The third-order valence-corrected chi connectivity index (χ3v) is 10.0. The lowest BCUT2D eigenvalue weighted by atomic mass is 9.93. The summed E-state index contributed by atoms with van der Waals surface area (Å²) in [5.41, 5.74) is 1.02. The lowest BCUT2D eigenvalue weighted by molar-refractivity contribution is -0.191. The summed E-state index contributed by atoms with van der Waals surface area (Å²) in [4.78, 5) is 15.3. The average Bonchev–Trinajstić information content (AvgIpc) is 3.60. The molecule has 0 saturated carbocycles. The van der Waals surface area contributed by atoms with E-state index in [9.17, 15) is 13.2 Å². The summed E-state index contributed by atoms with van der Waals surface area (Å²) in [6.45, 7) is 5.41. The number of amides is 1. The zero-order valence-corrected chi connectivity index (χ0v) is 23.1. The van der Waals surface area contributed by atoms with E-state index >= 15 is 0 Å². The Morgan fingerprint density at radius 1 is 0.821 bits per heavy atom. The highest BCUT2D eigenvalue weighted by Crippen LogP contribution is 2.60. The minimum Gasteiger partial charge on any atom is -0.444 e. The normalized spacial score (nSPS) is 27.7. The number of benzene rings is 3. The average molecular weight is 548 g/mol. The van der Waals surface area contributed by atoms with Gasteiger partial charge in [0.2, 0.25) is 5.79 Å². The number of carbonyl (C=O) groups is 1. The molecule has 204 valence electrons. The van der Waals surface area contributed by atoms with Crippen molar-refractivity contribution in [1.29, 1.82) is 0 Å². The highest BCUT2D eigenvalue weighted by atomic mass is 32.2. The number of ether oxygens (including phenoxy) is 3. The Morgan fingerprint density at radius 3 is 1.79 bits per heavy atom. The van der Waals surface area contributed by atoms with Crippen molar-refractivity contribution in [2.45, 2.75) is 79.4 Å². The van der Waals surface area contributed by atoms with E-state index < -0.39 is 56.9 Å². The van der Waals surface area contributed by atoms with Gasteiger partial charge in [-0.3, -0.25) is 4.90 Å². The lowest BCUT2D eigenvalue weighted by Crippen LogP contribution is -2.55. The predicted octanol–water partition coefficient (Wildman–Crippen LogP) is 5.84. The van der Waals surface area contributed by atoms with Crippen LogP contribution in [0, 0.1) is 0 Å². The van der Waals surface area contributed by atoms with Gasteiger partial charge in [-0.25, -0.2) is 13.2 Å². The van der Waals surface area contributed by atoms with E-state index in [4.69, 9.17) is 14.2 Å². The molecule has 2 bridgehead atoms. The minimum absolute atomic E-state index is 0.178. The highest BCUT2D eigenvalue weighted by Gasteiger charge is 2.74. The Labute approximate surface area is 229 Å². The van der Waals surface area contributed by atoms with Gasteiger partial charge in [0.05, 0.1) is 17.0 Å². The van der Waals surface area contributed by atoms with Crippen molar-refractivity contribution in [2.75, 3.05) is 0 Å². The number of rotatable bonds is 4. The van der Waals surface area contributed by atoms with E-state index in [2.05, 4.69) is 0 Å². The number of nitrogens with zero attached hydrogens (tertiary/aromatic N) is 1. The van der Waals surface area contributed by atoms with Gasteiger partial charge in [-0.05, 0) is 56.9 Å². The summed E-state index contributed by atoms with van der Waals surface area (Å²) in [6, 6.07) is 26.5. The fourth-order valence-electron chi connectivity index (χ4n) is 6.36. The van der Waals surface area contributed by atoms with Crippen molar-refractivity contribution < 1.29 is 27.4 Å². The predicted molar refractivity (Wildman–Crippen MR) is 146 cm³/mol. The van der Waals surface area contributed by atoms with E-state index in [1.54, 1.807) is 56.0 Å². The molecule has 3 aromatic carbocycles. The van der Waals surface area contributed by atoms with Crippen molar-refractivity contribution in [1.82, 2.24) is 4.90 Å². The van der Waals surface area contributed by atoms with E-state index in [0.29, 0.717) is 12.8 Å². The molecular formula is C31H33NO6S. The SMILES string of the molecule is CC(C)(C)OC(=O)N1C2CCC1C1(O[C@@H](c3ccccc3)[C@H](c3ccccc3)O1)C2S(=O)(=O)c1ccccc1. The smallest absolute Gasteiger partial charge is 0.411 e. The number of hydrogen-bond donors (Lipinski definition) is 0. The second-order valence-corrected chi connectivity index (χ2v) is 13.5. The molecule has 3 saturated heterocycles. The van der Waals surface area contributed by atoms with E-state index in [1.807, 2.05) is 60.7 Å². The molecule has 3 aromatic rings. The maximum absolute atomic E-state index is 14.4. The third-order valence-electron chi connectivity index (χ3n) is 7.80. The van der Waals surface area contributed by atoms with Gasteiger partial charge in [0.25, 0.3) is 0 Å². The molecule has 7 nitrogen and oxygen atoms in total. The zero-order valence-electron chi connectivity index (χ0n) is 22.3. The van der Waals surface area contributed by atoms with E-state index in [0.717, 1.165) is 11.1 Å². The molecule has 1 amide bonds. The van der Waals surface area contributed by atoms with Crippen molar-refractivity contribution in [3.8, 4) is 0 Å². The van der Waals surface area contributed by atoms with Crippen LogP contribution in [0.1, 0.15) is 56.9 Å². The summed E-state index contributed by atoms with van der Waals surface area (Å²) in [6.07, 6.45) is -0.620. The quantitative estimate of drug-likeness (QED) is 0.408. The summed E-state index contributed by atoms with van der Waals surface area (Å²) < 4.78 is 48.3. The van der Waals surface area contributed by atoms with E-state index in [1.165, 1.54) is 0 Å². The van der Waals surface area contributed by atoms with Crippen LogP contribution in [0.15, 0.2) is 95.9 Å². The standard InChI is InChI=1S/C31H33NO6S/c1-30(2,3)38-29(33)32-24-19-20-25(32)31(28(24)39(34,35)23-17-11-6-12-18-23)36-26(21-13-7-4-8-14-21)27(37-31)22-15-9-5-10-16-22/h4-18,24-28H,19-20H2,1-3H3/t24?,25?,26-,27-,28?/m0/s1. The van der Waals surface area contributed by atoms with Gasteiger partial charge >= 0.3 is 6.09 Å². The molecule has 0 radical (unpaired) electrons. The Kier molecular flexibility index (Phi) is 6.32. The molecule has 8 heteroatoms. The molecular weight excluding hydrogens is 514 g/mol. The second-order valence-electron chi connectivity index (χ2n) is 11.4. The second kappa shape index (κ2) is 9.47. The van der Waals surface area contributed by atoms with Gasteiger partial charge in [-0.15, -0.1) is 0 Å². The first kappa shape index (κ1) is 26.0. The Morgan fingerprint density at radius 2 is 1.31 bits per heavy atom. The maximum Gasteiger partial charge on any atom is 0.411 e. The molecule has 3 aliphatic rings. The van der Waals surface area contributed by atoms with Crippen LogP contribution in [0.5, 0.6) is 0 Å². The van der Waals surface area contributed by atoms with Gasteiger partial charge in [-0.2, -0.15) is 0 Å². The molecule has 3 fully saturated rings. The monoisotopic (exact) mass is 547 g/mol. The first-order valence-electron chi connectivity index (χ1n) is 13.4. The van der Waals surface area contributed by atoms with Gasteiger partial charge in [0, 0.05) is 0 Å². The summed E-state index contributed by atoms with van der Waals surface area (Å²) in [7, 11) is -3.98. The van der Waals surface area contributed by atoms with Crippen LogP contribution in [0.2, 0.25) is 0 Å². The van der Waals surface area contributed by atoms with Gasteiger partial charge < -0.3 is 14.2 Å². The van der Waals surface area contributed by atoms with Crippen molar-refractivity contribution in [3.05, 3.63) is 102 Å². The molecule has 39 heavy (non-hydrogen) atoms. The summed E-state index contributed by atoms with van der Waals surface area (Å²) in [5.74, 6) is -1.57. The first-order chi connectivity index (χ1) is 18.6. The van der Waals surface area contributed by atoms with Crippen LogP contribution in [0.4, 0.5) is 4.79 Å². The fraction of sp³-hybridized carbons (Fsp3) is 0.387. The molecule has 0 N–H and O–H groups in total. The van der Waals surface area contributed by atoms with Crippen LogP contribution in [-0.4, -0.2) is 48.1 Å². The molecule has 3 aliphatic heterocycles. The number of carbonyl (C=O) groups excluding carboxylic acids is 1. The van der Waals surface area contributed by atoms with Crippen molar-refractivity contribution >= 4 is 15.9 Å². The van der Waals surface area contributed by atoms with Crippen LogP contribution in [0.25, 0.3) is 0 Å². The maximum atomic E-state index is 14.4. The first-order valence-corrected chi connectivity index (χ1v) is 14.9. The minimum atomic E-state index is -3.98. The van der Waals surface area contributed by atoms with Gasteiger partial charge in [0.15, 0.2) is 9.84 Å². The molecule has 3 unspecified atom stereocenters. The van der Waals surface area contributed by atoms with Crippen molar-refractivity contribution in [2.24, 2.45) is 0 Å². The Bertz CT molecular complexity index is 1390. The van der Waals surface area contributed by atoms with E-state index in [-0.39, 0.29) is 4.90 Å². The molecule has 1 spiro atoms. The molecule has 0 aromatic heterocycles. The topological polar surface area (TPSA) is 82.1 Å². The lowest BCUT2D eigenvalue weighted by Gasteiger charge is -2.37. The van der Waals surface area contributed by atoms with Crippen LogP contribution >= 0.6 is 0 Å². The van der Waals surface area contributed by atoms with Crippen LogP contribution in [-0.2, 0) is 24.0 Å². The zero-order chi connectivity index (χ0) is 27.4. The summed E-state index contributed by atoms with van der Waals surface area (Å²) in [5, 5.41) is -1.13. The number of fused-ring (bicyclic) bond motifs is 3. The molecule has 3 heterocycles. The molecule has 6 rings (SSSR count).